The van der Waals surface area contributed by atoms with E-state index in [1.165, 1.54) is 4.88 Å². The molecule has 0 aliphatic rings. The Kier molecular flexibility index (Phi) is 10.2. The molecular formula is C18H25IN4OS. The Balaban J connectivity index is 0.00000312. The maximum atomic E-state index is 11.9. The maximum Gasteiger partial charge on any atom is 0.251 e. The first-order valence-electron chi connectivity index (χ1n) is 8.02. The summed E-state index contributed by atoms with van der Waals surface area (Å²) in [4.78, 5) is 17.5. The summed E-state index contributed by atoms with van der Waals surface area (Å²) < 4.78 is 0. The van der Waals surface area contributed by atoms with Crippen molar-refractivity contribution in [2.45, 2.75) is 12.8 Å². The number of hydrogen-bond acceptors (Lipinski definition) is 3. The Morgan fingerprint density at radius 3 is 2.44 bits per heavy atom. The fourth-order valence-corrected chi connectivity index (χ4v) is 2.98. The molecule has 1 aromatic heterocycles. The van der Waals surface area contributed by atoms with Gasteiger partial charge in [-0.05, 0) is 23.6 Å². The summed E-state index contributed by atoms with van der Waals surface area (Å²) in [6.07, 6.45) is 0. The summed E-state index contributed by atoms with van der Waals surface area (Å²) in [6.45, 7) is 4.16. The van der Waals surface area contributed by atoms with Gasteiger partial charge < -0.3 is 16.0 Å². The highest BCUT2D eigenvalue weighted by atomic mass is 127. The number of thiophene rings is 1. The summed E-state index contributed by atoms with van der Waals surface area (Å²) in [5.41, 5.74) is 0.671. The standard InChI is InChI=1S/C18H24N4OS.HI/c1-14(16-9-6-12-24-16)13-22-18(19-2)21-11-10-20-17(23)15-7-4-3-5-8-15;/h3-9,12,14H,10-11,13H2,1-2H3,(H,20,23)(H2,19,21,22);1H. The average Bonchev–Trinajstić information content (AvgIpc) is 3.16. The van der Waals surface area contributed by atoms with Crippen LogP contribution >= 0.6 is 35.3 Å². The number of halogens is 1. The molecule has 25 heavy (non-hydrogen) atoms. The van der Waals surface area contributed by atoms with E-state index in [0.29, 0.717) is 24.6 Å². The van der Waals surface area contributed by atoms with Crippen molar-refractivity contribution in [3.63, 3.8) is 0 Å². The molecule has 1 unspecified atom stereocenters. The number of nitrogens with one attached hydrogen (secondary N) is 3. The van der Waals surface area contributed by atoms with Gasteiger partial charge in [0.15, 0.2) is 5.96 Å². The third kappa shape index (κ3) is 7.43. The predicted molar refractivity (Wildman–Crippen MR) is 116 cm³/mol. The zero-order chi connectivity index (χ0) is 17.2. The Labute approximate surface area is 170 Å². The van der Waals surface area contributed by atoms with Gasteiger partial charge in [-0.15, -0.1) is 35.3 Å². The van der Waals surface area contributed by atoms with Crippen molar-refractivity contribution < 1.29 is 4.79 Å². The topological polar surface area (TPSA) is 65.5 Å². The molecule has 7 heteroatoms. The van der Waals surface area contributed by atoms with Gasteiger partial charge in [0.05, 0.1) is 0 Å². The molecule has 0 bridgehead atoms. The zero-order valence-corrected chi connectivity index (χ0v) is 17.6. The third-order valence-electron chi connectivity index (χ3n) is 3.57. The van der Waals surface area contributed by atoms with E-state index in [2.05, 4.69) is 45.4 Å². The summed E-state index contributed by atoms with van der Waals surface area (Å²) in [7, 11) is 1.74. The number of guanidine groups is 1. The molecule has 0 aliphatic heterocycles. The summed E-state index contributed by atoms with van der Waals surface area (Å²) in [5, 5.41) is 11.5. The number of carbonyl (C=O) groups excluding carboxylic acids is 1. The van der Waals surface area contributed by atoms with Crippen LogP contribution in [0, 0.1) is 0 Å². The lowest BCUT2D eigenvalue weighted by Gasteiger charge is -2.15. The molecule has 0 aliphatic carbocycles. The number of nitrogens with zero attached hydrogens (tertiary/aromatic N) is 1. The van der Waals surface area contributed by atoms with Crippen LogP contribution < -0.4 is 16.0 Å². The number of carbonyl (C=O) groups is 1. The SMILES string of the molecule is CN=C(NCCNC(=O)c1ccccc1)NCC(C)c1cccs1.I. The lowest BCUT2D eigenvalue weighted by Crippen LogP contribution is -2.42. The Bertz CT molecular complexity index is 646. The fourth-order valence-electron chi connectivity index (χ4n) is 2.19. The molecule has 3 N–H and O–H groups in total. The second kappa shape index (κ2) is 11.9. The van der Waals surface area contributed by atoms with Crippen molar-refractivity contribution in [2.24, 2.45) is 4.99 Å². The third-order valence-corrected chi connectivity index (χ3v) is 4.67. The van der Waals surface area contributed by atoms with Crippen molar-refractivity contribution in [3.8, 4) is 0 Å². The van der Waals surface area contributed by atoms with Crippen molar-refractivity contribution >= 4 is 47.2 Å². The molecule has 1 atom stereocenters. The van der Waals surface area contributed by atoms with E-state index in [9.17, 15) is 4.79 Å². The van der Waals surface area contributed by atoms with Gasteiger partial charge in [-0.1, -0.05) is 31.2 Å². The van der Waals surface area contributed by atoms with Crippen LogP contribution in [0.3, 0.4) is 0 Å². The number of benzene rings is 1. The van der Waals surface area contributed by atoms with Crippen LogP contribution in [0.15, 0.2) is 52.8 Å². The van der Waals surface area contributed by atoms with E-state index in [1.54, 1.807) is 30.5 Å². The van der Waals surface area contributed by atoms with Gasteiger partial charge in [-0.3, -0.25) is 9.79 Å². The minimum absolute atomic E-state index is 0. The molecule has 0 fully saturated rings. The van der Waals surface area contributed by atoms with E-state index in [0.717, 1.165) is 12.5 Å². The lowest BCUT2D eigenvalue weighted by atomic mass is 10.1. The van der Waals surface area contributed by atoms with Crippen LogP contribution in [0.1, 0.15) is 28.1 Å². The van der Waals surface area contributed by atoms with Gasteiger partial charge in [0.1, 0.15) is 0 Å². The minimum atomic E-state index is -0.0633. The Morgan fingerprint density at radius 1 is 1.08 bits per heavy atom. The van der Waals surface area contributed by atoms with E-state index in [4.69, 9.17) is 0 Å². The number of amides is 1. The van der Waals surface area contributed by atoms with Crippen LogP contribution in [0.4, 0.5) is 0 Å². The van der Waals surface area contributed by atoms with E-state index >= 15 is 0 Å². The van der Waals surface area contributed by atoms with Crippen LogP contribution in [0.5, 0.6) is 0 Å². The minimum Gasteiger partial charge on any atom is -0.356 e. The predicted octanol–water partition coefficient (Wildman–Crippen LogP) is 3.06. The molecule has 136 valence electrons. The molecule has 1 amide bonds. The van der Waals surface area contributed by atoms with Crippen LogP contribution in [0.2, 0.25) is 0 Å². The normalized spacial score (nSPS) is 12.0. The zero-order valence-electron chi connectivity index (χ0n) is 14.5. The molecule has 1 aromatic carbocycles. The van der Waals surface area contributed by atoms with Gasteiger partial charge in [0.2, 0.25) is 0 Å². The van der Waals surface area contributed by atoms with Crippen molar-refractivity contribution in [1.29, 1.82) is 0 Å². The largest absolute Gasteiger partial charge is 0.356 e. The molecule has 2 rings (SSSR count). The average molecular weight is 472 g/mol. The van der Waals surface area contributed by atoms with Gasteiger partial charge in [0, 0.05) is 43.0 Å². The fraction of sp³-hybridized carbons (Fsp3) is 0.333. The molecule has 0 radical (unpaired) electrons. The van der Waals surface area contributed by atoms with Gasteiger partial charge in [0.25, 0.3) is 5.91 Å². The van der Waals surface area contributed by atoms with E-state index in [-0.39, 0.29) is 29.9 Å². The number of hydrogen-bond donors (Lipinski definition) is 3. The molecule has 1 heterocycles. The molecular weight excluding hydrogens is 447 g/mol. The Morgan fingerprint density at radius 2 is 1.80 bits per heavy atom. The second-order valence-corrected chi connectivity index (χ2v) is 6.40. The number of aliphatic imine (C=N–C) groups is 1. The number of rotatable bonds is 7. The highest BCUT2D eigenvalue weighted by molar-refractivity contribution is 14.0. The second-order valence-electron chi connectivity index (χ2n) is 5.42. The highest BCUT2D eigenvalue weighted by Gasteiger charge is 2.07. The quantitative estimate of drug-likeness (QED) is 0.251. The van der Waals surface area contributed by atoms with E-state index < -0.39 is 0 Å². The van der Waals surface area contributed by atoms with Crippen molar-refractivity contribution in [1.82, 2.24) is 16.0 Å². The maximum absolute atomic E-state index is 11.9. The Hall–Kier alpha value is -1.61. The first-order chi connectivity index (χ1) is 11.7. The summed E-state index contributed by atoms with van der Waals surface area (Å²) >= 11 is 1.77. The van der Waals surface area contributed by atoms with Crippen molar-refractivity contribution in [2.75, 3.05) is 26.7 Å². The summed E-state index contributed by atoms with van der Waals surface area (Å²) in [5.74, 6) is 1.11. The van der Waals surface area contributed by atoms with Crippen LogP contribution in [-0.2, 0) is 0 Å². The molecule has 5 nitrogen and oxygen atoms in total. The van der Waals surface area contributed by atoms with Crippen LogP contribution in [0.25, 0.3) is 0 Å². The smallest absolute Gasteiger partial charge is 0.251 e. The monoisotopic (exact) mass is 472 g/mol. The van der Waals surface area contributed by atoms with E-state index in [1.807, 2.05) is 18.2 Å². The van der Waals surface area contributed by atoms with Gasteiger partial charge >= 0.3 is 0 Å². The lowest BCUT2D eigenvalue weighted by molar-refractivity contribution is 0.0954. The van der Waals surface area contributed by atoms with Gasteiger partial charge in [-0.25, -0.2) is 0 Å². The van der Waals surface area contributed by atoms with Crippen LogP contribution in [-0.4, -0.2) is 38.5 Å². The molecule has 0 spiro atoms. The highest BCUT2D eigenvalue weighted by Crippen LogP contribution is 2.19. The first-order valence-corrected chi connectivity index (χ1v) is 8.90. The van der Waals surface area contributed by atoms with Crippen molar-refractivity contribution in [3.05, 3.63) is 58.3 Å². The molecule has 2 aromatic rings. The molecule has 0 saturated heterocycles. The van der Waals surface area contributed by atoms with Gasteiger partial charge in [-0.2, -0.15) is 0 Å². The molecule has 0 saturated carbocycles. The first kappa shape index (κ1) is 21.4. The summed E-state index contributed by atoms with van der Waals surface area (Å²) in [6, 6.07) is 13.4.